The van der Waals surface area contributed by atoms with Crippen molar-refractivity contribution in [1.29, 1.82) is 0 Å². The molecule has 0 aliphatic carbocycles. The molecule has 0 radical (unpaired) electrons. The maximum absolute atomic E-state index is 12.7. The molecule has 0 aromatic heterocycles. The highest BCUT2D eigenvalue weighted by molar-refractivity contribution is 5.97. The Balaban J connectivity index is 2.07. The third-order valence-corrected chi connectivity index (χ3v) is 4.76. The molecule has 1 fully saturated rings. The fourth-order valence-electron chi connectivity index (χ4n) is 2.97. The number of piperidine rings is 1. The molecule has 0 bridgehead atoms. The Morgan fingerprint density at radius 2 is 2.13 bits per heavy atom. The largest absolute Gasteiger partial charge is 0.339 e. The highest BCUT2D eigenvalue weighted by atomic mass is 16.2. The van der Waals surface area contributed by atoms with E-state index in [2.05, 4.69) is 24.2 Å². The predicted molar refractivity (Wildman–Crippen MR) is 92.6 cm³/mol. The molecule has 126 valence electrons. The fourth-order valence-corrected chi connectivity index (χ4v) is 2.97. The van der Waals surface area contributed by atoms with Gasteiger partial charge in [-0.15, -0.1) is 0 Å². The number of nitrogens with zero attached hydrogens (tertiary/aromatic N) is 2. The van der Waals surface area contributed by atoms with Gasteiger partial charge in [-0.1, -0.05) is 13.0 Å². The average molecular weight is 317 g/mol. The highest BCUT2D eigenvalue weighted by Crippen LogP contribution is 2.22. The minimum Gasteiger partial charge on any atom is -0.339 e. The minimum absolute atomic E-state index is 0.0133. The molecule has 5 heteroatoms. The van der Waals surface area contributed by atoms with E-state index in [9.17, 15) is 9.59 Å². The molecular formula is C18H27N3O2. The lowest BCUT2D eigenvalue weighted by Gasteiger charge is -2.39. The van der Waals surface area contributed by atoms with Gasteiger partial charge in [-0.2, -0.15) is 0 Å². The summed E-state index contributed by atoms with van der Waals surface area (Å²) in [7, 11) is 4.00. The van der Waals surface area contributed by atoms with Crippen molar-refractivity contribution in [3.05, 3.63) is 29.8 Å². The Bertz CT molecular complexity index is 573. The number of hydrogen-bond donors (Lipinski definition) is 1. The van der Waals surface area contributed by atoms with Crippen molar-refractivity contribution in [2.45, 2.75) is 45.2 Å². The van der Waals surface area contributed by atoms with E-state index in [1.165, 1.54) is 0 Å². The molecule has 1 aromatic carbocycles. The topological polar surface area (TPSA) is 52.7 Å². The molecule has 1 N–H and O–H groups in total. The van der Waals surface area contributed by atoms with Gasteiger partial charge < -0.3 is 15.1 Å². The monoisotopic (exact) mass is 317 g/mol. The molecule has 23 heavy (non-hydrogen) atoms. The smallest absolute Gasteiger partial charge is 0.253 e. The molecule has 2 atom stereocenters. The molecule has 5 nitrogen and oxygen atoms in total. The number of carbonyl (C=O) groups excluding carboxylic acids is 2. The van der Waals surface area contributed by atoms with Crippen molar-refractivity contribution in [2.24, 2.45) is 0 Å². The first-order valence-electron chi connectivity index (χ1n) is 8.29. The second-order valence-corrected chi connectivity index (χ2v) is 6.41. The highest BCUT2D eigenvalue weighted by Gasteiger charge is 2.28. The molecule has 2 amide bonds. The van der Waals surface area contributed by atoms with E-state index in [0.717, 1.165) is 19.4 Å². The van der Waals surface area contributed by atoms with Crippen LogP contribution in [0.4, 0.5) is 5.69 Å². The Morgan fingerprint density at radius 3 is 2.78 bits per heavy atom. The third kappa shape index (κ3) is 4.32. The zero-order valence-electron chi connectivity index (χ0n) is 14.5. The maximum Gasteiger partial charge on any atom is 0.253 e. The van der Waals surface area contributed by atoms with Crippen molar-refractivity contribution in [3.8, 4) is 0 Å². The Morgan fingerprint density at radius 1 is 1.39 bits per heavy atom. The quantitative estimate of drug-likeness (QED) is 0.928. The van der Waals surface area contributed by atoms with E-state index < -0.39 is 0 Å². The summed E-state index contributed by atoms with van der Waals surface area (Å²) in [6.45, 7) is 5.01. The van der Waals surface area contributed by atoms with Gasteiger partial charge in [0.1, 0.15) is 0 Å². The van der Waals surface area contributed by atoms with Gasteiger partial charge in [-0.3, -0.25) is 9.59 Å². The molecule has 0 unspecified atom stereocenters. The van der Waals surface area contributed by atoms with Crippen molar-refractivity contribution >= 4 is 17.5 Å². The van der Waals surface area contributed by atoms with Crippen LogP contribution in [-0.2, 0) is 4.79 Å². The van der Waals surface area contributed by atoms with Gasteiger partial charge in [0.05, 0.1) is 0 Å². The Hall–Kier alpha value is -1.88. The lowest BCUT2D eigenvalue weighted by Crippen LogP contribution is -2.48. The summed E-state index contributed by atoms with van der Waals surface area (Å²) in [5, 5.41) is 2.80. The van der Waals surface area contributed by atoms with Crippen LogP contribution < -0.4 is 5.32 Å². The van der Waals surface area contributed by atoms with Crippen LogP contribution in [0.15, 0.2) is 24.3 Å². The summed E-state index contributed by atoms with van der Waals surface area (Å²) in [4.78, 5) is 28.4. The van der Waals surface area contributed by atoms with E-state index in [-0.39, 0.29) is 17.9 Å². The first kappa shape index (κ1) is 17.5. The van der Waals surface area contributed by atoms with E-state index in [1.54, 1.807) is 19.1 Å². The molecule has 1 aliphatic rings. The SMILES string of the molecule is CCC(=O)Nc1cccc(C(=O)N(C)[C@H]2CCN(C)[C@H](C)C2)c1. The first-order chi connectivity index (χ1) is 10.9. The summed E-state index contributed by atoms with van der Waals surface area (Å²) in [5.41, 5.74) is 1.29. The van der Waals surface area contributed by atoms with Gasteiger partial charge in [0, 0.05) is 43.3 Å². The van der Waals surface area contributed by atoms with Crippen LogP contribution in [0.1, 0.15) is 43.5 Å². The zero-order valence-corrected chi connectivity index (χ0v) is 14.5. The van der Waals surface area contributed by atoms with Gasteiger partial charge in [0.2, 0.25) is 5.91 Å². The fraction of sp³-hybridized carbons (Fsp3) is 0.556. The van der Waals surface area contributed by atoms with Gasteiger partial charge in [-0.05, 0) is 45.0 Å². The van der Waals surface area contributed by atoms with E-state index in [1.807, 2.05) is 24.1 Å². The normalized spacial score (nSPS) is 21.7. The van der Waals surface area contributed by atoms with Crippen molar-refractivity contribution in [1.82, 2.24) is 9.80 Å². The number of anilines is 1. The second-order valence-electron chi connectivity index (χ2n) is 6.41. The lowest BCUT2D eigenvalue weighted by atomic mass is 9.97. The molecular weight excluding hydrogens is 290 g/mol. The lowest BCUT2D eigenvalue weighted by molar-refractivity contribution is -0.115. The summed E-state index contributed by atoms with van der Waals surface area (Å²) < 4.78 is 0. The Labute approximate surface area is 138 Å². The molecule has 1 heterocycles. The minimum atomic E-state index is -0.0490. The number of rotatable bonds is 4. The molecule has 2 rings (SSSR count). The number of amides is 2. The molecule has 1 aliphatic heterocycles. The van der Waals surface area contributed by atoms with Crippen LogP contribution in [0.5, 0.6) is 0 Å². The van der Waals surface area contributed by atoms with Crippen LogP contribution in [0.3, 0.4) is 0 Å². The average Bonchev–Trinajstić information content (AvgIpc) is 2.56. The zero-order chi connectivity index (χ0) is 17.0. The van der Waals surface area contributed by atoms with Crippen LogP contribution >= 0.6 is 0 Å². The number of benzene rings is 1. The molecule has 1 saturated heterocycles. The van der Waals surface area contributed by atoms with Crippen LogP contribution in [0, 0.1) is 0 Å². The predicted octanol–water partition coefficient (Wildman–Crippen LogP) is 2.59. The van der Waals surface area contributed by atoms with Gasteiger partial charge >= 0.3 is 0 Å². The van der Waals surface area contributed by atoms with Crippen molar-refractivity contribution < 1.29 is 9.59 Å². The second kappa shape index (κ2) is 7.59. The van der Waals surface area contributed by atoms with Crippen LogP contribution in [0.25, 0.3) is 0 Å². The summed E-state index contributed by atoms with van der Waals surface area (Å²) >= 11 is 0. The third-order valence-electron chi connectivity index (χ3n) is 4.76. The summed E-state index contributed by atoms with van der Waals surface area (Å²) in [5.74, 6) is -0.0357. The first-order valence-corrected chi connectivity index (χ1v) is 8.29. The number of nitrogens with one attached hydrogen (secondary N) is 1. The Kier molecular flexibility index (Phi) is 5.77. The molecule has 1 aromatic rings. The van der Waals surface area contributed by atoms with Crippen molar-refractivity contribution in [3.63, 3.8) is 0 Å². The van der Waals surface area contributed by atoms with Crippen LogP contribution in [0.2, 0.25) is 0 Å². The van der Waals surface area contributed by atoms with Gasteiger partial charge in [0.15, 0.2) is 0 Å². The molecule has 0 spiro atoms. The number of likely N-dealkylation sites (tertiary alicyclic amines) is 1. The van der Waals surface area contributed by atoms with Gasteiger partial charge in [-0.25, -0.2) is 0 Å². The van der Waals surface area contributed by atoms with E-state index in [0.29, 0.717) is 23.7 Å². The molecule has 0 saturated carbocycles. The number of hydrogen-bond acceptors (Lipinski definition) is 3. The maximum atomic E-state index is 12.7. The standard InChI is InChI=1S/C18H27N3O2/c1-5-17(22)19-15-8-6-7-14(12-15)18(23)21(4)16-9-10-20(3)13(2)11-16/h6-8,12-13,16H,5,9-11H2,1-4H3,(H,19,22)/t13-,16+/m1/s1. The van der Waals surface area contributed by atoms with E-state index in [4.69, 9.17) is 0 Å². The summed E-state index contributed by atoms with van der Waals surface area (Å²) in [6, 6.07) is 7.93. The van der Waals surface area contributed by atoms with Crippen molar-refractivity contribution in [2.75, 3.05) is 26.0 Å². The van der Waals surface area contributed by atoms with Gasteiger partial charge in [0.25, 0.3) is 5.91 Å². The van der Waals surface area contributed by atoms with Crippen LogP contribution in [-0.4, -0.2) is 54.3 Å². The van der Waals surface area contributed by atoms with E-state index >= 15 is 0 Å². The summed E-state index contributed by atoms with van der Waals surface area (Å²) in [6.07, 6.45) is 2.41. The number of carbonyl (C=O) groups is 2.